The Bertz CT molecular complexity index is 384. The quantitative estimate of drug-likeness (QED) is 0.794. The summed E-state index contributed by atoms with van der Waals surface area (Å²) in [6.07, 6.45) is -0.544. The van der Waals surface area contributed by atoms with Crippen molar-refractivity contribution >= 4 is 6.09 Å². The molecule has 0 aromatic heterocycles. The van der Waals surface area contributed by atoms with Gasteiger partial charge in [0.2, 0.25) is 0 Å². The molecule has 5 heteroatoms. The average molecular weight is 239 g/mol. The standard InChI is InChI=1S/C12H17NO4/c1-12(2,3)17-11(15)13-8-16-10-6-4-5-9(14)7-10/h4-7,14H,8H2,1-3H3,(H,13,15). The van der Waals surface area contributed by atoms with Crippen molar-refractivity contribution < 1.29 is 19.4 Å². The first-order valence-electron chi connectivity index (χ1n) is 5.25. The lowest BCUT2D eigenvalue weighted by Crippen LogP contribution is -2.34. The number of ether oxygens (including phenoxy) is 2. The second-order valence-electron chi connectivity index (χ2n) is 4.46. The van der Waals surface area contributed by atoms with Crippen LogP contribution in [-0.4, -0.2) is 23.5 Å². The molecule has 0 aliphatic heterocycles. The van der Waals surface area contributed by atoms with Gasteiger partial charge in [0.15, 0.2) is 6.73 Å². The molecule has 2 N–H and O–H groups in total. The van der Waals surface area contributed by atoms with Crippen LogP contribution in [-0.2, 0) is 4.74 Å². The smallest absolute Gasteiger partial charge is 0.410 e. The third-order valence-corrected chi connectivity index (χ3v) is 1.67. The van der Waals surface area contributed by atoms with E-state index in [0.717, 1.165) is 0 Å². The summed E-state index contributed by atoms with van der Waals surface area (Å²) in [5.41, 5.74) is -0.533. The van der Waals surface area contributed by atoms with Crippen molar-refractivity contribution in [2.75, 3.05) is 6.73 Å². The molecule has 17 heavy (non-hydrogen) atoms. The van der Waals surface area contributed by atoms with E-state index in [2.05, 4.69) is 5.32 Å². The zero-order chi connectivity index (χ0) is 12.9. The van der Waals surface area contributed by atoms with Crippen molar-refractivity contribution in [3.63, 3.8) is 0 Å². The number of amides is 1. The van der Waals surface area contributed by atoms with Crippen molar-refractivity contribution in [1.82, 2.24) is 5.32 Å². The number of phenols is 1. The van der Waals surface area contributed by atoms with E-state index < -0.39 is 11.7 Å². The first-order chi connectivity index (χ1) is 7.87. The van der Waals surface area contributed by atoms with Gasteiger partial charge in [0, 0.05) is 6.07 Å². The number of carbonyl (C=O) groups is 1. The van der Waals surface area contributed by atoms with Crippen molar-refractivity contribution in [3.05, 3.63) is 24.3 Å². The van der Waals surface area contributed by atoms with Gasteiger partial charge in [-0.1, -0.05) is 6.07 Å². The number of benzene rings is 1. The Labute approximate surface area is 100 Å². The SMILES string of the molecule is CC(C)(C)OC(=O)NCOc1cccc(O)c1. The minimum Gasteiger partial charge on any atom is -0.508 e. The fourth-order valence-corrected chi connectivity index (χ4v) is 1.07. The lowest BCUT2D eigenvalue weighted by Gasteiger charge is -2.19. The number of hydrogen-bond acceptors (Lipinski definition) is 4. The molecule has 1 rings (SSSR count). The molecule has 1 aromatic rings. The van der Waals surface area contributed by atoms with Gasteiger partial charge in [-0.25, -0.2) is 4.79 Å². The number of rotatable bonds is 3. The van der Waals surface area contributed by atoms with Gasteiger partial charge in [0.25, 0.3) is 0 Å². The summed E-state index contributed by atoms with van der Waals surface area (Å²) < 4.78 is 10.2. The fraction of sp³-hybridized carbons (Fsp3) is 0.417. The van der Waals surface area contributed by atoms with Gasteiger partial charge in [0.1, 0.15) is 17.1 Å². The normalized spacial score (nSPS) is 10.8. The largest absolute Gasteiger partial charge is 0.508 e. The summed E-state index contributed by atoms with van der Waals surface area (Å²) in [7, 11) is 0. The number of hydrogen-bond donors (Lipinski definition) is 2. The van der Waals surface area contributed by atoms with E-state index in [1.54, 1.807) is 32.9 Å². The summed E-state index contributed by atoms with van der Waals surface area (Å²) in [6.45, 7) is 5.33. The number of alkyl carbamates (subject to hydrolysis) is 1. The van der Waals surface area contributed by atoms with Crippen molar-refractivity contribution in [2.45, 2.75) is 26.4 Å². The van der Waals surface area contributed by atoms with E-state index in [1.807, 2.05) is 0 Å². The van der Waals surface area contributed by atoms with Gasteiger partial charge in [-0.2, -0.15) is 0 Å². The predicted octanol–water partition coefficient (Wildman–Crippen LogP) is 2.25. The third kappa shape index (κ3) is 5.65. The molecule has 1 aromatic carbocycles. The predicted molar refractivity (Wildman–Crippen MR) is 63.0 cm³/mol. The van der Waals surface area contributed by atoms with E-state index in [4.69, 9.17) is 9.47 Å². The molecule has 0 aliphatic carbocycles. The minimum absolute atomic E-state index is 0.0155. The van der Waals surface area contributed by atoms with Crippen LogP contribution in [0.15, 0.2) is 24.3 Å². The van der Waals surface area contributed by atoms with Gasteiger partial charge in [-0.15, -0.1) is 0 Å². The van der Waals surface area contributed by atoms with Crippen LogP contribution in [0.5, 0.6) is 11.5 Å². The Kier molecular flexibility index (Phi) is 4.20. The Morgan fingerprint density at radius 2 is 2.12 bits per heavy atom. The zero-order valence-corrected chi connectivity index (χ0v) is 10.2. The summed E-state index contributed by atoms with van der Waals surface area (Å²) in [5, 5.41) is 11.6. The van der Waals surface area contributed by atoms with E-state index in [1.165, 1.54) is 12.1 Å². The summed E-state index contributed by atoms with van der Waals surface area (Å²) in [5.74, 6) is 0.584. The molecule has 94 valence electrons. The van der Waals surface area contributed by atoms with Gasteiger partial charge >= 0.3 is 6.09 Å². The van der Waals surface area contributed by atoms with Crippen molar-refractivity contribution in [1.29, 1.82) is 0 Å². The number of nitrogens with one attached hydrogen (secondary N) is 1. The molecule has 0 saturated heterocycles. The van der Waals surface area contributed by atoms with Gasteiger partial charge in [0.05, 0.1) is 0 Å². The van der Waals surface area contributed by atoms with Crippen LogP contribution < -0.4 is 10.1 Å². The Balaban J connectivity index is 2.31. The highest BCUT2D eigenvalue weighted by Gasteiger charge is 2.15. The second kappa shape index (κ2) is 5.43. The maximum atomic E-state index is 11.3. The molecule has 0 radical (unpaired) electrons. The van der Waals surface area contributed by atoms with Crippen LogP contribution in [0.3, 0.4) is 0 Å². The van der Waals surface area contributed by atoms with Crippen LogP contribution in [0, 0.1) is 0 Å². The summed E-state index contributed by atoms with van der Waals surface area (Å²) >= 11 is 0. The molecule has 1 amide bonds. The van der Waals surface area contributed by atoms with E-state index in [-0.39, 0.29) is 12.5 Å². The highest BCUT2D eigenvalue weighted by atomic mass is 16.6. The molecule has 5 nitrogen and oxygen atoms in total. The first kappa shape index (κ1) is 13.2. The van der Waals surface area contributed by atoms with E-state index in [9.17, 15) is 9.90 Å². The maximum absolute atomic E-state index is 11.3. The molecule has 0 fully saturated rings. The Morgan fingerprint density at radius 1 is 1.41 bits per heavy atom. The minimum atomic E-state index is -0.544. The molecule has 0 spiro atoms. The monoisotopic (exact) mass is 239 g/mol. The average Bonchev–Trinajstić information content (AvgIpc) is 2.14. The van der Waals surface area contributed by atoms with Crippen LogP contribution in [0.4, 0.5) is 4.79 Å². The molecule has 0 heterocycles. The Hall–Kier alpha value is -1.91. The Morgan fingerprint density at radius 3 is 2.71 bits per heavy atom. The molecular formula is C12H17NO4. The lowest BCUT2D eigenvalue weighted by atomic mass is 10.2. The van der Waals surface area contributed by atoms with Crippen LogP contribution in [0.2, 0.25) is 0 Å². The highest BCUT2D eigenvalue weighted by Crippen LogP contribution is 2.17. The van der Waals surface area contributed by atoms with Gasteiger partial charge in [-0.3, -0.25) is 5.32 Å². The summed E-state index contributed by atoms with van der Waals surface area (Å²) in [4.78, 5) is 11.3. The second-order valence-corrected chi connectivity index (χ2v) is 4.46. The first-order valence-corrected chi connectivity index (χ1v) is 5.25. The third-order valence-electron chi connectivity index (χ3n) is 1.67. The highest BCUT2D eigenvalue weighted by molar-refractivity contribution is 5.67. The maximum Gasteiger partial charge on any atom is 0.410 e. The number of carbonyl (C=O) groups excluding carboxylic acids is 1. The number of aromatic hydroxyl groups is 1. The fourth-order valence-electron chi connectivity index (χ4n) is 1.07. The van der Waals surface area contributed by atoms with Crippen LogP contribution >= 0.6 is 0 Å². The van der Waals surface area contributed by atoms with E-state index in [0.29, 0.717) is 5.75 Å². The lowest BCUT2D eigenvalue weighted by molar-refractivity contribution is 0.0485. The van der Waals surface area contributed by atoms with Crippen molar-refractivity contribution in [2.24, 2.45) is 0 Å². The van der Waals surface area contributed by atoms with E-state index >= 15 is 0 Å². The molecule has 0 bridgehead atoms. The zero-order valence-electron chi connectivity index (χ0n) is 10.2. The topological polar surface area (TPSA) is 67.8 Å². The molecular weight excluding hydrogens is 222 g/mol. The molecule has 0 unspecified atom stereocenters. The van der Waals surface area contributed by atoms with Gasteiger partial charge in [-0.05, 0) is 32.9 Å². The molecule has 0 aliphatic rings. The van der Waals surface area contributed by atoms with Crippen molar-refractivity contribution in [3.8, 4) is 11.5 Å². The van der Waals surface area contributed by atoms with Crippen LogP contribution in [0.1, 0.15) is 20.8 Å². The molecule has 0 saturated carbocycles. The molecule has 0 atom stereocenters. The van der Waals surface area contributed by atoms with Crippen LogP contribution in [0.25, 0.3) is 0 Å². The summed E-state index contributed by atoms with van der Waals surface area (Å²) in [6, 6.07) is 6.32. The number of phenolic OH excluding ortho intramolecular Hbond substituents is 1. The van der Waals surface area contributed by atoms with Gasteiger partial charge < -0.3 is 14.6 Å².